The first-order valence-electron chi connectivity index (χ1n) is 12.6. The highest BCUT2D eigenvalue weighted by Crippen LogP contribution is 2.27. The van der Waals surface area contributed by atoms with Crippen LogP contribution in [0.5, 0.6) is 0 Å². The molecule has 0 aliphatic rings. The lowest BCUT2D eigenvalue weighted by Gasteiger charge is -2.12. The molecule has 0 bridgehead atoms. The van der Waals surface area contributed by atoms with E-state index < -0.39 is 28.8 Å². The molecular formula is C31H22FN5O4. The number of hydrogen-bond acceptors (Lipinski definition) is 5. The number of halogens is 1. The van der Waals surface area contributed by atoms with Crippen molar-refractivity contribution in [2.45, 2.75) is 6.54 Å². The van der Waals surface area contributed by atoms with Gasteiger partial charge in [0.05, 0.1) is 28.7 Å². The van der Waals surface area contributed by atoms with Crippen LogP contribution in [0, 0.1) is 5.82 Å². The van der Waals surface area contributed by atoms with Gasteiger partial charge in [0.25, 0.3) is 5.56 Å². The molecule has 3 aromatic carbocycles. The van der Waals surface area contributed by atoms with Crippen LogP contribution in [0.25, 0.3) is 27.7 Å². The molecule has 1 amide bonds. The largest absolute Gasteiger partial charge is 0.366 e. The monoisotopic (exact) mass is 547 g/mol. The molecule has 6 aromatic rings. The molecule has 0 saturated heterocycles. The minimum Gasteiger partial charge on any atom is -0.366 e. The smallest absolute Gasteiger partial charge is 0.331 e. The third-order valence-corrected chi connectivity index (χ3v) is 7.02. The normalized spacial score (nSPS) is 11.3. The van der Waals surface area contributed by atoms with Crippen LogP contribution < -0.4 is 17.0 Å². The van der Waals surface area contributed by atoms with Gasteiger partial charge in [0.1, 0.15) is 5.82 Å². The molecule has 2 N–H and O–H groups in total. The van der Waals surface area contributed by atoms with E-state index in [9.17, 15) is 23.6 Å². The number of nitrogens with two attached hydrogens (primary N) is 1. The second-order valence-corrected chi connectivity index (χ2v) is 9.61. The summed E-state index contributed by atoms with van der Waals surface area (Å²) in [6.45, 7) is -0.129. The Kier molecular flexibility index (Phi) is 6.15. The Hall–Kier alpha value is -5.64. The Bertz CT molecular complexity index is 2160. The Morgan fingerprint density at radius 3 is 2.46 bits per heavy atom. The molecule has 0 spiro atoms. The van der Waals surface area contributed by atoms with Gasteiger partial charge in [-0.15, -0.1) is 0 Å². The lowest BCUT2D eigenvalue weighted by molar-refractivity contribution is 0.0998. The second kappa shape index (κ2) is 9.83. The highest BCUT2D eigenvalue weighted by Gasteiger charge is 2.22. The Labute approximate surface area is 231 Å². The van der Waals surface area contributed by atoms with Gasteiger partial charge in [-0.05, 0) is 60.2 Å². The molecule has 6 rings (SSSR count). The van der Waals surface area contributed by atoms with Crippen molar-refractivity contribution >= 4 is 28.1 Å². The summed E-state index contributed by atoms with van der Waals surface area (Å²) in [6.07, 6.45) is 1.70. The van der Waals surface area contributed by atoms with Crippen molar-refractivity contribution in [3.63, 3.8) is 0 Å². The van der Waals surface area contributed by atoms with Crippen LogP contribution in [-0.2, 0) is 13.6 Å². The third kappa shape index (κ3) is 4.41. The van der Waals surface area contributed by atoms with Gasteiger partial charge in [-0.3, -0.25) is 27.9 Å². The number of rotatable bonds is 6. The van der Waals surface area contributed by atoms with Crippen molar-refractivity contribution in [2.24, 2.45) is 12.8 Å². The molecular weight excluding hydrogens is 525 g/mol. The summed E-state index contributed by atoms with van der Waals surface area (Å²) >= 11 is 0. The number of benzene rings is 3. The fourth-order valence-electron chi connectivity index (χ4n) is 4.97. The molecule has 41 heavy (non-hydrogen) atoms. The standard InChI is InChI=1S/C31H22FN5O4/c1-35-24-12-11-20(16-23(24)30(40)37(31(35)41)17-18-6-4-9-22(32)14-18)27(38)29-34-26(25-10-2-3-13-36(25)29)19-7-5-8-21(15-19)28(33)39/h2-16H,17H2,1H3,(H2,33,39). The van der Waals surface area contributed by atoms with E-state index >= 15 is 0 Å². The van der Waals surface area contributed by atoms with Crippen molar-refractivity contribution in [2.75, 3.05) is 0 Å². The fraction of sp³-hybridized carbons (Fsp3) is 0.0645. The number of nitrogens with zero attached hydrogens (tertiary/aromatic N) is 4. The van der Waals surface area contributed by atoms with Gasteiger partial charge < -0.3 is 5.73 Å². The van der Waals surface area contributed by atoms with E-state index in [4.69, 9.17) is 5.73 Å². The predicted molar refractivity (Wildman–Crippen MR) is 152 cm³/mol. The SMILES string of the molecule is Cn1c(=O)n(Cc2cccc(F)c2)c(=O)c2cc(C(=O)c3nc(-c4cccc(C(N)=O)c4)c4ccccn34)ccc21. The lowest BCUT2D eigenvalue weighted by Crippen LogP contribution is -2.39. The third-order valence-electron chi connectivity index (χ3n) is 7.02. The summed E-state index contributed by atoms with van der Waals surface area (Å²) in [5.74, 6) is -1.41. The zero-order chi connectivity index (χ0) is 28.8. The number of fused-ring (bicyclic) bond motifs is 2. The second-order valence-electron chi connectivity index (χ2n) is 9.61. The molecule has 0 saturated carbocycles. The number of hydrogen-bond donors (Lipinski definition) is 1. The fourth-order valence-corrected chi connectivity index (χ4v) is 4.97. The van der Waals surface area contributed by atoms with Gasteiger partial charge in [0, 0.05) is 29.9 Å². The van der Waals surface area contributed by atoms with E-state index in [1.165, 1.54) is 41.9 Å². The average Bonchev–Trinajstić information content (AvgIpc) is 3.37. The van der Waals surface area contributed by atoms with Crippen LogP contribution in [0.1, 0.15) is 32.1 Å². The van der Waals surface area contributed by atoms with Crippen LogP contribution in [0.3, 0.4) is 0 Å². The summed E-state index contributed by atoms with van der Waals surface area (Å²) in [5, 5.41) is 0.157. The number of primary amides is 1. The molecule has 202 valence electrons. The number of aryl methyl sites for hydroxylation is 1. The molecule has 0 aliphatic carbocycles. The van der Waals surface area contributed by atoms with E-state index in [0.717, 1.165) is 4.57 Å². The average molecular weight is 548 g/mol. The Morgan fingerprint density at radius 1 is 0.878 bits per heavy atom. The summed E-state index contributed by atoms with van der Waals surface area (Å²) in [6, 6.07) is 22.2. The van der Waals surface area contributed by atoms with Gasteiger partial charge in [0.15, 0.2) is 5.82 Å². The molecule has 0 unspecified atom stereocenters. The van der Waals surface area contributed by atoms with E-state index in [1.54, 1.807) is 59.1 Å². The van der Waals surface area contributed by atoms with Crippen LogP contribution in [0.15, 0.2) is 101 Å². The van der Waals surface area contributed by atoms with Crippen molar-refractivity contribution in [1.29, 1.82) is 0 Å². The van der Waals surface area contributed by atoms with Gasteiger partial charge in [-0.1, -0.05) is 30.3 Å². The minimum absolute atomic E-state index is 0.101. The van der Waals surface area contributed by atoms with Gasteiger partial charge in [0.2, 0.25) is 11.7 Å². The molecule has 9 nitrogen and oxygen atoms in total. The van der Waals surface area contributed by atoms with E-state index in [0.29, 0.717) is 33.4 Å². The maximum Gasteiger partial charge on any atom is 0.331 e. The maximum absolute atomic E-state index is 13.8. The van der Waals surface area contributed by atoms with Crippen LogP contribution in [0.2, 0.25) is 0 Å². The van der Waals surface area contributed by atoms with Crippen molar-refractivity contribution in [3.05, 3.63) is 140 Å². The van der Waals surface area contributed by atoms with E-state index in [1.807, 2.05) is 6.07 Å². The number of aromatic nitrogens is 4. The number of amides is 1. The van der Waals surface area contributed by atoms with Crippen molar-refractivity contribution in [3.8, 4) is 11.3 Å². The molecule has 0 fully saturated rings. The first-order chi connectivity index (χ1) is 19.7. The first kappa shape index (κ1) is 25.6. The molecule has 0 radical (unpaired) electrons. The number of carbonyl (C=O) groups is 2. The number of pyridine rings is 1. The molecule has 3 aromatic heterocycles. The quantitative estimate of drug-likeness (QED) is 0.320. The zero-order valence-electron chi connectivity index (χ0n) is 21.7. The van der Waals surface area contributed by atoms with Crippen LogP contribution in [0.4, 0.5) is 4.39 Å². The summed E-state index contributed by atoms with van der Waals surface area (Å²) < 4.78 is 17.7. The Balaban J connectivity index is 1.48. The minimum atomic E-state index is -0.598. The van der Waals surface area contributed by atoms with Crippen LogP contribution in [-0.4, -0.2) is 30.2 Å². The summed E-state index contributed by atoms with van der Waals surface area (Å²) in [7, 11) is 1.53. The number of carbonyl (C=O) groups excluding carboxylic acids is 2. The molecule has 3 heterocycles. The number of imidazole rings is 1. The summed E-state index contributed by atoms with van der Waals surface area (Å²) in [5.41, 5.74) is 7.33. The van der Waals surface area contributed by atoms with Gasteiger partial charge >= 0.3 is 5.69 Å². The van der Waals surface area contributed by atoms with Crippen molar-refractivity contribution < 1.29 is 14.0 Å². The lowest BCUT2D eigenvalue weighted by atomic mass is 10.1. The topological polar surface area (TPSA) is 121 Å². The predicted octanol–water partition coefficient (Wildman–Crippen LogP) is 3.53. The number of ketones is 1. The zero-order valence-corrected chi connectivity index (χ0v) is 21.7. The van der Waals surface area contributed by atoms with Gasteiger partial charge in [-0.25, -0.2) is 14.2 Å². The Morgan fingerprint density at radius 2 is 1.68 bits per heavy atom. The molecule has 0 aliphatic heterocycles. The molecule has 10 heteroatoms. The van der Waals surface area contributed by atoms with Crippen molar-refractivity contribution in [1.82, 2.24) is 18.5 Å². The highest BCUT2D eigenvalue weighted by atomic mass is 19.1. The van der Waals surface area contributed by atoms with E-state index in [2.05, 4.69) is 4.98 Å². The molecule has 0 atom stereocenters. The van der Waals surface area contributed by atoms with Gasteiger partial charge in [-0.2, -0.15) is 0 Å². The first-order valence-corrected chi connectivity index (χ1v) is 12.6. The summed E-state index contributed by atoms with van der Waals surface area (Å²) in [4.78, 5) is 56.7. The highest BCUT2D eigenvalue weighted by molar-refractivity contribution is 6.09. The maximum atomic E-state index is 13.8. The van der Waals surface area contributed by atoms with Crippen LogP contribution >= 0.6 is 0 Å². The van der Waals surface area contributed by atoms with E-state index in [-0.39, 0.29) is 23.3 Å².